The third-order valence-corrected chi connectivity index (χ3v) is 4.59. The Bertz CT molecular complexity index is 642. The number of aryl methyl sites for hydroxylation is 1. The molecule has 1 aliphatic carbocycles. The van der Waals surface area contributed by atoms with E-state index >= 15 is 0 Å². The summed E-state index contributed by atoms with van der Waals surface area (Å²) in [5, 5.41) is 12.9. The van der Waals surface area contributed by atoms with Crippen LogP contribution in [0.4, 0.5) is 0 Å². The molecule has 0 amide bonds. The Kier molecular flexibility index (Phi) is 4.23. The number of rotatable bonds is 5. The molecule has 1 fully saturated rings. The Morgan fingerprint density at radius 1 is 1.41 bits per heavy atom. The van der Waals surface area contributed by atoms with Crippen LogP contribution >= 0.6 is 11.6 Å². The van der Waals surface area contributed by atoms with E-state index in [9.17, 15) is 0 Å². The van der Waals surface area contributed by atoms with Gasteiger partial charge in [-0.15, -0.1) is 0 Å². The van der Waals surface area contributed by atoms with Crippen molar-refractivity contribution >= 4 is 11.6 Å². The van der Waals surface area contributed by atoms with Crippen LogP contribution in [-0.2, 0) is 19.1 Å². The van der Waals surface area contributed by atoms with Gasteiger partial charge in [0, 0.05) is 25.7 Å². The van der Waals surface area contributed by atoms with Crippen molar-refractivity contribution in [1.82, 2.24) is 25.2 Å². The average Bonchev–Trinajstić information content (AvgIpc) is 3.16. The van der Waals surface area contributed by atoms with Crippen LogP contribution in [0.25, 0.3) is 0 Å². The van der Waals surface area contributed by atoms with Gasteiger partial charge in [-0.25, -0.2) is 0 Å². The van der Waals surface area contributed by atoms with Crippen molar-refractivity contribution in [2.45, 2.75) is 57.5 Å². The maximum atomic E-state index is 6.19. The summed E-state index contributed by atoms with van der Waals surface area (Å²) in [6.45, 7) is 4.71. The van der Waals surface area contributed by atoms with Gasteiger partial charge in [-0.3, -0.25) is 10.00 Å². The van der Waals surface area contributed by atoms with Crippen LogP contribution in [0.1, 0.15) is 62.9 Å². The lowest BCUT2D eigenvalue weighted by Gasteiger charge is -2.26. The molecule has 120 valence electrons. The summed E-state index contributed by atoms with van der Waals surface area (Å²) >= 11 is 6.19. The summed E-state index contributed by atoms with van der Waals surface area (Å²) < 4.78 is 7.12. The predicted molar refractivity (Wildman–Crippen MR) is 83.6 cm³/mol. The Morgan fingerprint density at radius 3 is 2.68 bits per heavy atom. The first-order chi connectivity index (χ1) is 10.5. The molecule has 0 atom stereocenters. The molecule has 1 aliphatic rings. The number of aromatic nitrogens is 4. The molecular weight excluding hydrogens is 302 g/mol. The average molecular weight is 324 g/mol. The second kappa shape index (κ2) is 6.01. The molecular formula is C15H22ClN5O. The summed E-state index contributed by atoms with van der Waals surface area (Å²) in [7, 11) is 1.87. The summed E-state index contributed by atoms with van der Waals surface area (Å²) in [6.07, 6.45) is 6.15. The molecule has 1 saturated carbocycles. The number of nitrogens with one attached hydrogen (secondary N) is 1. The molecule has 0 saturated heterocycles. The Balaban J connectivity index is 1.80. The van der Waals surface area contributed by atoms with Gasteiger partial charge in [0.15, 0.2) is 5.82 Å². The molecule has 7 heteroatoms. The molecule has 22 heavy (non-hydrogen) atoms. The number of hydrogen-bond acceptors (Lipinski definition) is 5. The first kappa shape index (κ1) is 15.5. The minimum Gasteiger partial charge on any atom is -0.339 e. The standard InChI is InChI=1S/C15H22ClN5O/c1-10(2)13-18-14(20-22-13)15(6-4-5-7-15)17-8-12-11(16)9-21(3)19-12/h9-10,17H,4-8H2,1-3H3. The van der Waals surface area contributed by atoms with E-state index in [-0.39, 0.29) is 11.5 Å². The molecule has 0 bridgehead atoms. The topological polar surface area (TPSA) is 68.8 Å². The SMILES string of the molecule is CC(C)c1nc(C2(NCc3nn(C)cc3Cl)CCCC2)no1. The molecule has 2 aromatic rings. The van der Waals surface area contributed by atoms with Crippen LogP contribution in [-0.4, -0.2) is 19.9 Å². The van der Waals surface area contributed by atoms with Crippen molar-refractivity contribution in [2.24, 2.45) is 7.05 Å². The van der Waals surface area contributed by atoms with Gasteiger partial charge in [0.05, 0.1) is 16.3 Å². The van der Waals surface area contributed by atoms with Gasteiger partial charge in [0.1, 0.15) is 0 Å². The first-order valence-corrected chi connectivity index (χ1v) is 8.15. The zero-order valence-corrected chi connectivity index (χ0v) is 14.0. The first-order valence-electron chi connectivity index (χ1n) is 7.77. The van der Waals surface area contributed by atoms with Crippen LogP contribution in [0, 0.1) is 0 Å². The highest BCUT2D eigenvalue weighted by Crippen LogP contribution is 2.38. The molecule has 6 nitrogen and oxygen atoms in total. The van der Waals surface area contributed by atoms with Gasteiger partial charge in [0.25, 0.3) is 0 Å². The molecule has 1 N–H and O–H groups in total. The third-order valence-electron chi connectivity index (χ3n) is 4.27. The van der Waals surface area contributed by atoms with E-state index in [1.54, 1.807) is 4.68 Å². The van der Waals surface area contributed by atoms with Crippen LogP contribution < -0.4 is 5.32 Å². The van der Waals surface area contributed by atoms with E-state index in [0.717, 1.165) is 37.2 Å². The van der Waals surface area contributed by atoms with E-state index in [2.05, 4.69) is 34.4 Å². The van der Waals surface area contributed by atoms with E-state index in [1.165, 1.54) is 0 Å². The lowest BCUT2D eigenvalue weighted by Crippen LogP contribution is -2.40. The van der Waals surface area contributed by atoms with Crippen molar-refractivity contribution in [3.8, 4) is 0 Å². The highest BCUT2D eigenvalue weighted by atomic mass is 35.5. The fourth-order valence-corrected chi connectivity index (χ4v) is 3.25. The zero-order valence-electron chi connectivity index (χ0n) is 13.3. The molecule has 3 rings (SSSR count). The van der Waals surface area contributed by atoms with Crippen molar-refractivity contribution in [3.63, 3.8) is 0 Å². The number of hydrogen-bond donors (Lipinski definition) is 1. The molecule has 0 spiro atoms. The van der Waals surface area contributed by atoms with Crippen LogP contribution in [0.15, 0.2) is 10.7 Å². The van der Waals surface area contributed by atoms with E-state index in [1.807, 2.05) is 13.2 Å². The zero-order chi connectivity index (χ0) is 15.7. The Hall–Kier alpha value is -1.40. The predicted octanol–water partition coefficient (Wildman–Crippen LogP) is 3.14. The van der Waals surface area contributed by atoms with Gasteiger partial charge < -0.3 is 4.52 Å². The molecule has 0 unspecified atom stereocenters. The molecule has 0 radical (unpaired) electrons. The highest BCUT2D eigenvalue weighted by Gasteiger charge is 2.40. The quantitative estimate of drug-likeness (QED) is 0.915. The number of nitrogens with zero attached hydrogens (tertiary/aromatic N) is 4. The van der Waals surface area contributed by atoms with Crippen LogP contribution in [0.2, 0.25) is 5.02 Å². The van der Waals surface area contributed by atoms with Crippen LogP contribution in [0.3, 0.4) is 0 Å². The normalized spacial score (nSPS) is 17.5. The smallest absolute Gasteiger partial charge is 0.229 e. The summed E-state index contributed by atoms with van der Waals surface area (Å²) in [5.41, 5.74) is 0.625. The van der Waals surface area contributed by atoms with Gasteiger partial charge in [-0.1, -0.05) is 43.4 Å². The van der Waals surface area contributed by atoms with Gasteiger partial charge >= 0.3 is 0 Å². The largest absolute Gasteiger partial charge is 0.339 e. The second-order valence-electron chi connectivity index (χ2n) is 6.35. The van der Waals surface area contributed by atoms with E-state index in [0.29, 0.717) is 17.5 Å². The fraction of sp³-hybridized carbons (Fsp3) is 0.667. The summed E-state index contributed by atoms with van der Waals surface area (Å²) in [5.74, 6) is 1.70. The van der Waals surface area contributed by atoms with Gasteiger partial charge in [0.2, 0.25) is 5.89 Å². The van der Waals surface area contributed by atoms with Crippen molar-refractivity contribution in [2.75, 3.05) is 0 Å². The van der Waals surface area contributed by atoms with Crippen molar-refractivity contribution in [1.29, 1.82) is 0 Å². The number of halogens is 1. The molecule has 2 aromatic heterocycles. The van der Waals surface area contributed by atoms with Crippen molar-refractivity contribution in [3.05, 3.63) is 28.6 Å². The monoisotopic (exact) mass is 323 g/mol. The minimum absolute atomic E-state index is 0.225. The lowest BCUT2D eigenvalue weighted by molar-refractivity contribution is 0.293. The van der Waals surface area contributed by atoms with E-state index < -0.39 is 0 Å². The molecule has 0 aliphatic heterocycles. The molecule has 2 heterocycles. The summed E-state index contributed by atoms with van der Waals surface area (Å²) in [6, 6.07) is 0. The fourth-order valence-electron chi connectivity index (χ4n) is 3.00. The maximum Gasteiger partial charge on any atom is 0.229 e. The third kappa shape index (κ3) is 2.90. The van der Waals surface area contributed by atoms with Crippen LogP contribution in [0.5, 0.6) is 0 Å². The lowest BCUT2D eigenvalue weighted by atomic mass is 9.96. The Morgan fingerprint density at radius 2 is 2.14 bits per heavy atom. The van der Waals surface area contributed by atoms with Gasteiger partial charge in [-0.05, 0) is 12.8 Å². The van der Waals surface area contributed by atoms with E-state index in [4.69, 9.17) is 16.1 Å². The van der Waals surface area contributed by atoms with Crippen molar-refractivity contribution < 1.29 is 4.52 Å². The minimum atomic E-state index is -0.225. The molecule has 0 aromatic carbocycles. The summed E-state index contributed by atoms with van der Waals surface area (Å²) in [4.78, 5) is 4.60. The maximum absolute atomic E-state index is 6.19. The highest BCUT2D eigenvalue weighted by molar-refractivity contribution is 6.31. The van der Waals surface area contributed by atoms with Gasteiger partial charge in [-0.2, -0.15) is 10.1 Å². The second-order valence-corrected chi connectivity index (χ2v) is 6.76. The Labute approximate surface area is 135 Å².